The Morgan fingerprint density at radius 1 is 1.06 bits per heavy atom. The molecule has 2 aromatic heterocycles. The van der Waals surface area contributed by atoms with Gasteiger partial charge in [0.25, 0.3) is 5.91 Å². The summed E-state index contributed by atoms with van der Waals surface area (Å²) in [5, 5.41) is 14.5. The lowest BCUT2D eigenvalue weighted by Crippen LogP contribution is -2.43. The number of carbonyl (C=O) groups excluding carboxylic acids is 2. The lowest BCUT2D eigenvalue weighted by Gasteiger charge is -2.32. The maximum absolute atomic E-state index is 13.2. The van der Waals surface area contributed by atoms with E-state index in [1.165, 1.54) is 0 Å². The molecule has 2 aliphatic heterocycles. The molecule has 0 bridgehead atoms. The van der Waals surface area contributed by atoms with Crippen LogP contribution in [-0.4, -0.2) is 79.9 Å². The van der Waals surface area contributed by atoms with Crippen LogP contribution in [0.1, 0.15) is 65.8 Å². The van der Waals surface area contributed by atoms with Crippen LogP contribution in [0.25, 0.3) is 0 Å². The monoisotopic (exact) mass is 481 g/mol. The van der Waals surface area contributed by atoms with E-state index in [9.17, 15) is 14.7 Å². The van der Waals surface area contributed by atoms with E-state index in [1.807, 2.05) is 24.0 Å². The van der Waals surface area contributed by atoms with Crippen molar-refractivity contribution in [1.29, 1.82) is 0 Å². The largest absolute Gasteiger partial charge is 0.474 e. The molecule has 0 saturated carbocycles. The molecule has 1 N–H and O–H groups in total. The summed E-state index contributed by atoms with van der Waals surface area (Å²) in [6, 6.07) is 3.88. The quantitative estimate of drug-likeness (QED) is 0.702. The average Bonchev–Trinajstić information content (AvgIpc) is 3.24. The van der Waals surface area contributed by atoms with Crippen LogP contribution in [0, 0.1) is 6.92 Å². The molecule has 2 aromatic rings. The van der Waals surface area contributed by atoms with Crippen LogP contribution in [0.3, 0.4) is 0 Å². The SMILES string of the molecule is Cc1cccnc1OC1CCN(C(=O)Cn2nc(C(=O)N3CCC(O)CC3)c3c2CCCC3)CC1. The number of aromatic nitrogens is 3. The summed E-state index contributed by atoms with van der Waals surface area (Å²) >= 11 is 0. The van der Waals surface area contributed by atoms with Crippen molar-refractivity contribution in [2.75, 3.05) is 26.2 Å². The molecule has 9 nitrogen and oxygen atoms in total. The number of ether oxygens (including phenoxy) is 1. The number of amides is 2. The van der Waals surface area contributed by atoms with Crippen LogP contribution >= 0.6 is 0 Å². The molecule has 5 rings (SSSR count). The number of aliphatic hydroxyl groups is 1. The maximum Gasteiger partial charge on any atom is 0.274 e. The second-order valence-electron chi connectivity index (χ2n) is 9.99. The Kier molecular flexibility index (Phi) is 7.04. The van der Waals surface area contributed by atoms with Gasteiger partial charge in [-0.05, 0) is 51.5 Å². The fourth-order valence-corrected chi connectivity index (χ4v) is 5.40. The van der Waals surface area contributed by atoms with Crippen molar-refractivity contribution in [3.8, 4) is 5.88 Å². The third-order valence-corrected chi connectivity index (χ3v) is 7.53. The van der Waals surface area contributed by atoms with E-state index < -0.39 is 0 Å². The van der Waals surface area contributed by atoms with Gasteiger partial charge in [0.15, 0.2) is 5.69 Å². The van der Waals surface area contributed by atoms with E-state index in [-0.39, 0.29) is 30.6 Å². The summed E-state index contributed by atoms with van der Waals surface area (Å²) in [6.07, 6.45) is 7.97. The summed E-state index contributed by atoms with van der Waals surface area (Å²) in [5.74, 6) is 0.637. The summed E-state index contributed by atoms with van der Waals surface area (Å²) in [6.45, 7) is 4.53. The van der Waals surface area contributed by atoms with Gasteiger partial charge in [-0.3, -0.25) is 14.3 Å². The third-order valence-electron chi connectivity index (χ3n) is 7.53. The Bertz CT molecular complexity index is 1070. The van der Waals surface area contributed by atoms with Gasteiger partial charge in [-0.15, -0.1) is 0 Å². The van der Waals surface area contributed by atoms with Crippen molar-refractivity contribution < 1.29 is 19.4 Å². The number of pyridine rings is 1. The number of aliphatic hydroxyl groups excluding tert-OH is 1. The minimum absolute atomic E-state index is 0.0356. The fourth-order valence-electron chi connectivity index (χ4n) is 5.40. The third kappa shape index (κ3) is 5.19. The standard InChI is InChI=1S/C26H35N5O4/c1-18-5-4-12-27-25(18)35-20-10-15-29(16-11-20)23(33)17-31-22-7-3-2-6-21(22)24(28-31)26(34)30-13-8-19(32)9-14-30/h4-5,12,19-20,32H,2-3,6-11,13-17H2,1H3. The van der Waals surface area contributed by atoms with Gasteiger partial charge < -0.3 is 19.6 Å². The van der Waals surface area contributed by atoms with E-state index in [4.69, 9.17) is 4.74 Å². The minimum atomic E-state index is -0.328. The summed E-state index contributed by atoms with van der Waals surface area (Å²) < 4.78 is 7.86. The zero-order valence-electron chi connectivity index (χ0n) is 20.5. The molecular weight excluding hydrogens is 446 g/mol. The molecule has 35 heavy (non-hydrogen) atoms. The Morgan fingerprint density at radius 2 is 1.77 bits per heavy atom. The average molecular weight is 482 g/mol. The highest BCUT2D eigenvalue weighted by Crippen LogP contribution is 2.27. The van der Waals surface area contributed by atoms with Crippen molar-refractivity contribution in [2.24, 2.45) is 0 Å². The zero-order chi connectivity index (χ0) is 24.4. The molecule has 2 saturated heterocycles. The molecule has 0 radical (unpaired) electrons. The first kappa shape index (κ1) is 23.8. The summed E-state index contributed by atoms with van der Waals surface area (Å²) in [5.41, 5.74) is 3.56. The number of hydrogen-bond donors (Lipinski definition) is 1. The summed E-state index contributed by atoms with van der Waals surface area (Å²) in [7, 11) is 0. The van der Waals surface area contributed by atoms with Crippen molar-refractivity contribution in [3.05, 3.63) is 40.8 Å². The smallest absolute Gasteiger partial charge is 0.274 e. The van der Waals surface area contributed by atoms with Crippen LogP contribution in [-0.2, 0) is 24.2 Å². The predicted octanol–water partition coefficient (Wildman–Crippen LogP) is 2.13. The molecule has 4 heterocycles. The lowest BCUT2D eigenvalue weighted by atomic mass is 9.95. The number of rotatable bonds is 5. The summed E-state index contributed by atoms with van der Waals surface area (Å²) in [4.78, 5) is 34.4. The molecule has 3 aliphatic rings. The van der Waals surface area contributed by atoms with Crippen molar-refractivity contribution in [3.63, 3.8) is 0 Å². The van der Waals surface area contributed by atoms with Crippen molar-refractivity contribution in [1.82, 2.24) is 24.6 Å². The van der Waals surface area contributed by atoms with Gasteiger partial charge in [0, 0.05) is 62.0 Å². The molecule has 0 aromatic carbocycles. The Morgan fingerprint density at radius 3 is 2.51 bits per heavy atom. The minimum Gasteiger partial charge on any atom is -0.474 e. The predicted molar refractivity (Wildman–Crippen MR) is 129 cm³/mol. The maximum atomic E-state index is 13.2. The highest BCUT2D eigenvalue weighted by atomic mass is 16.5. The second kappa shape index (κ2) is 10.4. The molecule has 0 unspecified atom stereocenters. The Hall–Kier alpha value is -2.94. The van der Waals surface area contributed by atoms with Gasteiger partial charge in [0.05, 0.1) is 6.10 Å². The molecule has 0 atom stereocenters. The highest BCUT2D eigenvalue weighted by molar-refractivity contribution is 5.94. The number of hydrogen-bond acceptors (Lipinski definition) is 6. The fraction of sp³-hybridized carbons (Fsp3) is 0.615. The molecule has 0 spiro atoms. The second-order valence-corrected chi connectivity index (χ2v) is 9.99. The Labute approximate surface area is 206 Å². The van der Waals surface area contributed by atoms with Crippen LogP contribution < -0.4 is 4.74 Å². The number of nitrogens with zero attached hydrogens (tertiary/aromatic N) is 5. The van der Waals surface area contributed by atoms with Crippen molar-refractivity contribution in [2.45, 2.75) is 77.0 Å². The van der Waals surface area contributed by atoms with E-state index in [2.05, 4.69) is 10.1 Å². The molecular formula is C26H35N5O4. The van der Waals surface area contributed by atoms with E-state index in [0.29, 0.717) is 50.6 Å². The van der Waals surface area contributed by atoms with E-state index in [1.54, 1.807) is 15.8 Å². The van der Waals surface area contributed by atoms with Crippen molar-refractivity contribution >= 4 is 11.8 Å². The zero-order valence-corrected chi connectivity index (χ0v) is 20.5. The van der Waals surface area contributed by atoms with Crippen LogP contribution in [0.15, 0.2) is 18.3 Å². The molecule has 2 amide bonds. The van der Waals surface area contributed by atoms with Gasteiger partial charge in [-0.25, -0.2) is 4.98 Å². The van der Waals surface area contributed by atoms with E-state index >= 15 is 0 Å². The van der Waals surface area contributed by atoms with Gasteiger partial charge in [0.2, 0.25) is 11.8 Å². The van der Waals surface area contributed by atoms with Crippen LogP contribution in [0.4, 0.5) is 0 Å². The first-order chi connectivity index (χ1) is 17.0. The highest BCUT2D eigenvalue weighted by Gasteiger charge is 2.31. The Balaban J connectivity index is 1.23. The van der Waals surface area contributed by atoms with E-state index in [0.717, 1.165) is 55.3 Å². The number of piperidine rings is 2. The first-order valence-corrected chi connectivity index (χ1v) is 12.9. The normalized spacial score (nSPS) is 19.5. The lowest BCUT2D eigenvalue weighted by molar-refractivity contribution is -0.133. The number of aryl methyl sites for hydroxylation is 1. The van der Waals surface area contributed by atoms with Crippen LogP contribution in [0.2, 0.25) is 0 Å². The van der Waals surface area contributed by atoms with Gasteiger partial charge >= 0.3 is 0 Å². The molecule has 2 fully saturated rings. The van der Waals surface area contributed by atoms with Gasteiger partial charge in [0.1, 0.15) is 12.6 Å². The van der Waals surface area contributed by atoms with Gasteiger partial charge in [-0.2, -0.15) is 5.10 Å². The molecule has 1 aliphatic carbocycles. The molecule has 188 valence electrons. The number of fused-ring (bicyclic) bond motifs is 1. The van der Waals surface area contributed by atoms with Crippen LogP contribution in [0.5, 0.6) is 5.88 Å². The number of carbonyl (C=O) groups is 2. The first-order valence-electron chi connectivity index (χ1n) is 12.9. The van der Waals surface area contributed by atoms with Gasteiger partial charge in [-0.1, -0.05) is 6.07 Å². The molecule has 9 heteroatoms. The number of likely N-dealkylation sites (tertiary alicyclic amines) is 2. The topological polar surface area (TPSA) is 101 Å².